The molecule has 0 saturated heterocycles. The SMILES string of the molecule is Nc1ccc(Cl)cc1N.Nc1ccc(Oc2cccnc2)cc1.O=C(C[C@H](O)C1=Nc2ccc(Cl)cc2C1)Nc1ccc(Oc2cccnc2)cc1.O=C(O)C[C@H](O)C1=Nc2ccc(Cl)cc2C1.O=CO[C@@H](O)CC(=O)O.OC1C[C@H](O)c2nc3cc(Cl)ccc3n21. The van der Waals surface area contributed by atoms with Crippen LogP contribution >= 0.6 is 46.4 Å². The Labute approximate surface area is 545 Å². The Morgan fingerprint density at radius 1 is 0.609 bits per heavy atom. The second kappa shape index (κ2) is 33.9. The smallest absolute Gasteiger partial charge is 0.309 e. The van der Waals surface area contributed by atoms with Crippen molar-refractivity contribution in [1.29, 1.82) is 0 Å². The number of amides is 1. The number of hydrogen-bond acceptors (Lipinski definition) is 20. The van der Waals surface area contributed by atoms with Crippen molar-refractivity contribution in [1.82, 2.24) is 19.5 Å². The third kappa shape index (κ3) is 21.5. The number of aromatic nitrogens is 4. The van der Waals surface area contributed by atoms with Gasteiger partial charge in [-0.1, -0.05) is 46.4 Å². The number of anilines is 4. The lowest BCUT2D eigenvalue weighted by molar-refractivity contribution is -0.160. The van der Waals surface area contributed by atoms with Gasteiger partial charge in [0, 0.05) is 63.1 Å². The molecule has 0 bridgehead atoms. The Hall–Kier alpha value is -9.73. The van der Waals surface area contributed by atoms with E-state index in [0.717, 1.165) is 45.2 Å². The van der Waals surface area contributed by atoms with Crippen LogP contribution in [0.3, 0.4) is 0 Å². The van der Waals surface area contributed by atoms with Gasteiger partial charge in [-0.05, 0) is 157 Å². The number of aliphatic hydroxyl groups excluding tert-OH is 5. The normalized spacial score (nSPS) is 14.5. The molecule has 3 aliphatic rings. The largest absolute Gasteiger partial charge is 0.481 e. The number of pyridine rings is 2. The summed E-state index contributed by atoms with van der Waals surface area (Å²) < 4.78 is 16.7. The maximum Gasteiger partial charge on any atom is 0.309 e. The van der Waals surface area contributed by atoms with Crippen molar-refractivity contribution in [3.63, 3.8) is 0 Å². The third-order valence-electron chi connectivity index (χ3n) is 12.9. The lowest BCUT2D eigenvalue weighted by Gasteiger charge is -2.11. The number of halogens is 4. The van der Waals surface area contributed by atoms with Crippen molar-refractivity contribution in [2.45, 2.75) is 69.4 Å². The monoisotopic (exact) mass is 1330 g/mol. The van der Waals surface area contributed by atoms with Gasteiger partial charge in [-0.2, -0.15) is 0 Å². The first-order chi connectivity index (χ1) is 44.0. The second-order valence-electron chi connectivity index (χ2n) is 19.9. The molecule has 24 nitrogen and oxygen atoms in total. The summed E-state index contributed by atoms with van der Waals surface area (Å²) in [7, 11) is 0. The number of carbonyl (C=O) groups excluding carboxylic acids is 2. The lowest BCUT2D eigenvalue weighted by atomic mass is 10.0. The lowest BCUT2D eigenvalue weighted by Crippen LogP contribution is -2.27. The van der Waals surface area contributed by atoms with Gasteiger partial charge in [0.2, 0.25) is 12.2 Å². The molecule has 5 atom stereocenters. The molecule has 12 rings (SSSR count). The fourth-order valence-corrected chi connectivity index (χ4v) is 9.38. The fraction of sp³-hybridized carbons (Fsp3) is 0.172. The van der Waals surface area contributed by atoms with E-state index in [4.69, 9.17) is 88.4 Å². The number of aliphatic hydroxyl groups is 5. The van der Waals surface area contributed by atoms with Crippen molar-refractivity contribution < 1.29 is 69.1 Å². The molecule has 1 unspecified atom stereocenters. The minimum absolute atomic E-state index is 0.00634. The molecule has 0 aliphatic carbocycles. The van der Waals surface area contributed by atoms with Gasteiger partial charge in [0.15, 0.2) is 0 Å². The second-order valence-corrected chi connectivity index (χ2v) is 21.7. The Balaban J connectivity index is 0.000000165. The summed E-state index contributed by atoms with van der Waals surface area (Å²) in [4.78, 5) is 62.7. The highest BCUT2D eigenvalue weighted by atomic mass is 35.5. The van der Waals surface area contributed by atoms with E-state index in [1.54, 1.807) is 132 Å². The standard InChI is InChI=1S/C22H18ClN3O3.C11H10ClNO3.C11H10N2O.C10H9ClN2O2.C6H7ClN2.C4H6O5/c23-15-3-8-19-14(10-15)11-20(26-19)21(27)12-22(28)25-16-4-6-17(7-5-16)29-18-2-1-9-24-13-18;12-7-1-2-8-6(3-7)4-9(13-8)10(14)5-11(15)16;12-9-3-5-10(6-4-9)14-11-2-1-7-13-8-11;11-5-1-2-7-6(3-5)12-10-8(14)4-9(15)13(7)10;7-4-1-2-5(8)6(9)3-4;5-2-9-4(8)1-3(6)7/h1-10,13,21,27H,11-12H2,(H,25,28);1-3,10,14H,4-5H2,(H,15,16);1-8H,12H2;1-3,8-9,14-15H,4H2;1-3H,8-9H2;2,4,8H,1H2,(H,6,7)/t21-;10-;;8-,9?;;4-/m00.0.1/s1. The number of nitrogens with zero attached hydrogens (tertiary/aromatic N) is 6. The van der Waals surface area contributed by atoms with Crippen molar-refractivity contribution in [2.75, 3.05) is 22.5 Å². The maximum atomic E-state index is 12.3. The zero-order valence-electron chi connectivity index (χ0n) is 48.3. The molecule has 28 heteroatoms. The van der Waals surface area contributed by atoms with Gasteiger partial charge in [-0.3, -0.25) is 43.7 Å². The molecular weight excluding hydrogens is 1270 g/mol. The van der Waals surface area contributed by atoms with E-state index >= 15 is 0 Å². The van der Waals surface area contributed by atoms with Crippen LogP contribution in [0, 0.1) is 0 Å². The number of aliphatic imine (C=N–C) groups is 2. The van der Waals surface area contributed by atoms with E-state index in [0.29, 0.717) is 90.7 Å². The molecule has 0 saturated carbocycles. The molecule has 3 aromatic heterocycles. The van der Waals surface area contributed by atoms with Crippen LogP contribution in [0.15, 0.2) is 180 Å². The summed E-state index contributed by atoms with van der Waals surface area (Å²) in [5.74, 6) is 0.702. The Morgan fingerprint density at radius 3 is 1.61 bits per heavy atom. The average Bonchev–Trinajstić information content (AvgIpc) is 1.61. The molecule has 0 spiro atoms. The maximum absolute atomic E-state index is 12.3. The fourth-order valence-electron chi connectivity index (χ4n) is 8.65. The van der Waals surface area contributed by atoms with Crippen LogP contribution in [0.2, 0.25) is 20.1 Å². The number of nitrogens with one attached hydrogen (secondary N) is 1. The van der Waals surface area contributed by atoms with E-state index in [1.807, 2.05) is 42.5 Å². The van der Waals surface area contributed by atoms with Crippen LogP contribution < -0.4 is 32.0 Å². The molecular formula is C64H60Cl4N10O14. The van der Waals surface area contributed by atoms with Crippen LogP contribution in [0.5, 0.6) is 23.0 Å². The molecule has 92 heavy (non-hydrogen) atoms. The van der Waals surface area contributed by atoms with Crippen LogP contribution in [-0.2, 0) is 36.8 Å². The summed E-state index contributed by atoms with van der Waals surface area (Å²) in [6.07, 6.45) is 2.06. The van der Waals surface area contributed by atoms with E-state index in [9.17, 15) is 39.6 Å². The third-order valence-corrected chi connectivity index (χ3v) is 13.9. The van der Waals surface area contributed by atoms with Gasteiger partial charge in [0.25, 0.3) is 6.47 Å². The van der Waals surface area contributed by atoms with E-state index < -0.39 is 49.2 Å². The Bertz CT molecular complexity index is 4040. The number of nitrogens with two attached hydrogens (primary N) is 3. The number of nitrogen functional groups attached to an aromatic ring is 3. The van der Waals surface area contributed by atoms with Crippen molar-refractivity contribution >= 4 is 127 Å². The first-order valence-corrected chi connectivity index (χ1v) is 29.1. The molecule has 478 valence electrons. The molecule has 14 N–H and O–H groups in total. The molecule has 9 aromatic rings. The average molecular weight is 1340 g/mol. The molecule has 3 aliphatic heterocycles. The number of carboxylic acid groups (broad SMARTS) is 2. The van der Waals surface area contributed by atoms with Crippen LogP contribution in [0.25, 0.3) is 11.0 Å². The minimum atomic E-state index is -1.53. The molecule has 6 aromatic carbocycles. The highest BCUT2D eigenvalue weighted by Gasteiger charge is 2.31. The molecule has 1 amide bonds. The highest BCUT2D eigenvalue weighted by Crippen LogP contribution is 2.37. The van der Waals surface area contributed by atoms with Gasteiger partial charge >= 0.3 is 11.9 Å². The number of ether oxygens (including phenoxy) is 3. The first-order valence-electron chi connectivity index (χ1n) is 27.5. The molecule has 6 heterocycles. The van der Waals surface area contributed by atoms with E-state index in [2.05, 4.69) is 35.0 Å². The zero-order valence-corrected chi connectivity index (χ0v) is 51.3. The zero-order chi connectivity index (χ0) is 66.4. The summed E-state index contributed by atoms with van der Waals surface area (Å²) in [5.41, 5.74) is 24.8. The summed E-state index contributed by atoms with van der Waals surface area (Å²) >= 11 is 23.2. The van der Waals surface area contributed by atoms with Crippen LogP contribution in [0.1, 0.15) is 55.0 Å². The number of benzene rings is 6. The number of carbonyl (C=O) groups is 4. The van der Waals surface area contributed by atoms with Gasteiger partial charge in [0.05, 0.1) is 70.4 Å². The van der Waals surface area contributed by atoms with Crippen LogP contribution in [-0.4, -0.2) is 110 Å². The minimum Gasteiger partial charge on any atom is -0.481 e. The predicted molar refractivity (Wildman–Crippen MR) is 349 cm³/mol. The predicted octanol–water partition coefficient (Wildman–Crippen LogP) is 10.9. The summed E-state index contributed by atoms with van der Waals surface area (Å²) in [6.45, 7) is -0.00634. The van der Waals surface area contributed by atoms with Crippen molar-refractivity contribution in [3.8, 4) is 23.0 Å². The van der Waals surface area contributed by atoms with Gasteiger partial charge in [-0.15, -0.1) is 0 Å². The number of aliphatic carboxylic acids is 2. The summed E-state index contributed by atoms with van der Waals surface area (Å²) in [6, 6.07) is 42.4. The number of carboxylic acids is 2. The topological polar surface area (TPSA) is 396 Å². The summed E-state index contributed by atoms with van der Waals surface area (Å²) in [5, 5.41) is 69.5. The Morgan fingerprint density at radius 2 is 1.11 bits per heavy atom. The van der Waals surface area contributed by atoms with E-state index in [-0.39, 0.29) is 25.2 Å². The van der Waals surface area contributed by atoms with Gasteiger partial charge in [-0.25, -0.2) is 4.98 Å². The van der Waals surface area contributed by atoms with Gasteiger partial charge < -0.3 is 72.5 Å². The molecule has 0 fully saturated rings. The van der Waals surface area contributed by atoms with Crippen LogP contribution in [0.4, 0.5) is 34.1 Å². The van der Waals surface area contributed by atoms with Crippen molar-refractivity contribution in [2.24, 2.45) is 9.98 Å². The van der Waals surface area contributed by atoms with Crippen molar-refractivity contribution in [3.05, 3.63) is 207 Å². The van der Waals surface area contributed by atoms with E-state index in [1.165, 1.54) is 0 Å². The number of fused-ring (bicyclic) bond motifs is 5. The number of imidazole rings is 1. The molecule has 0 radical (unpaired) electrons. The number of hydrogen-bond donors (Lipinski definition) is 11. The first kappa shape index (κ1) is 69.7. The Kier molecular flexibility index (Phi) is 25.7. The quantitative estimate of drug-likeness (QED) is 0.0258. The highest BCUT2D eigenvalue weighted by molar-refractivity contribution is 6.32. The van der Waals surface area contributed by atoms with Gasteiger partial charge in [0.1, 0.15) is 59.8 Å². The number of rotatable bonds is 15.